The van der Waals surface area contributed by atoms with Crippen molar-refractivity contribution in [2.45, 2.75) is 64.0 Å². The van der Waals surface area contributed by atoms with Crippen LogP contribution in [0.1, 0.15) is 62.6 Å². The molecule has 3 heterocycles. The molecule has 0 spiro atoms. The largest absolute Gasteiger partial charge is 0.370 e. The Labute approximate surface area is 202 Å². The van der Waals surface area contributed by atoms with Crippen LogP contribution in [0.15, 0.2) is 58.3 Å². The van der Waals surface area contributed by atoms with Gasteiger partial charge in [-0.15, -0.1) is 0 Å². The van der Waals surface area contributed by atoms with E-state index >= 15 is 0 Å². The number of para-hydroxylation sites is 2. The second-order valence-corrected chi connectivity index (χ2v) is 9.52. The van der Waals surface area contributed by atoms with Crippen LogP contribution in [0.25, 0.3) is 11.0 Å². The molecule has 0 radical (unpaired) electrons. The first-order valence-corrected chi connectivity index (χ1v) is 13.1. The van der Waals surface area contributed by atoms with Gasteiger partial charge in [-0.3, -0.25) is 9.56 Å². The number of nitrogens with zero attached hydrogens (tertiary/aromatic N) is 3. The van der Waals surface area contributed by atoms with E-state index in [1.165, 1.54) is 29.8 Å². The molecule has 6 nitrogen and oxygen atoms in total. The fourth-order valence-electron chi connectivity index (χ4n) is 6.03. The average Bonchev–Trinajstić information content (AvgIpc) is 3.46. The van der Waals surface area contributed by atoms with E-state index in [0.717, 1.165) is 56.5 Å². The lowest BCUT2D eigenvalue weighted by Gasteiger charge is -2.32. The summed E-state index contributed by atoms with van der Waals surface area (Å²) in [4.78, 5) is 22.9. The molecule has 6 rings (SSSR count). The maximum Gasteiger partial charge on any atom is 0.326 e. The minimum absolute atomic E-state index is 0.0198. The monoisotopic (exact) mass is 459 g/mol. The quantitative estimate of drug-likeness (QED) is 0.604. The number of aromatic amines is 1. The van der Waals surface area contributed by atoms with Gasteiger partial charge in [-0.25, -0.2) is 4.79 Å². The van der Waals surface area contributed by atoms with E-state index in [1.807, 2.05) is 42.7 Å². The van der Waals surface area contributed by atoms with Crippen LogP contribution in [0.5, 0.6) is 0 Å². The highest BCUT2D eigenvalue weighted by Crippen LogP contribution is 2.37. The van der Waals surface area contributed by atoms with Crippen molar-refractivity contribution in [2.75, 3.05) is 26.2 Å². The molecule has 3 aliphatic rings. The molecular formula is C28H37N5O. The fourth-order valence-corrected chi connectivity index (χ4v) is 6.03. The summed E-state index contributed by atoms with van der Waals surface area (Å²) in [6.07, 6.45) is 5.45. The van der Waals surface area contributed by atoms with Gasteiger partial charge in [0.1, 0.15) is 0 Å². The first-order chi connectivity index (χ1) is 16.8. The Morgan fingerprint density at radius 2 is 1.76 bits per heavy atom. The molecule has 2 aliphatic heterocycles. The Kier molecular flexibility index (Phi) is 6.86. The van der Waals surface area contributed by atoms with Gasteiger partial charge < -0.3 is 15.2 Å². The molecule has 0 unspecified atom stereocenters. The number of piperidine rings is 1. The Bertz CT molecular complexity index is 1200. The molecule has 1 aromatic heterocycles. The number of rotatable bonds is 4. The first-order valence-electron chi connectivity index (χ1n) is 13.1. The van der Waals surface area contributed by atoms with Crippen molar-refractivity contribution in [3.63, 3.8) is 0 Å². The van der Waals surface area contributed by atoms with E-state index in [9.17, 15) is 4.79 Å². The molecular weight excluding hydrogens is 422 g/mol. The Morgan fingerprint density at radius 1 is 1.00 bits per heavy atom. The van der Waals surface area contributed by atoms with E-state index in [2.05, 4.69) is 39.5 Å². The zero-order valence-corrected chi connectivity index (χ0v) is 20.5. The highest BCUT2D eigenvalue weighted by Gasteiger charge is 2.35. The number of aryl methyl sites for hydroxylation is 1. The van der Waals surface area contributed by atoms with Crippen molar-refractivity contribution in [3.05, 3.63) is 70.1 Å². The number of nitrogens with one attached hydrogen (secondary N) is 2. The van der Waals surface area contributed by atoms with Gasteiger partial charge in [0.25, 0.3) is 0 Å². The summed E-state index contributed by atoms with van der Waals surface area (Å²) in [6, 6.07) is 17.8. The first kappa shape index (κ1) is 22.9. The zero-order chi connectivity index (χ0) is 23.5. The Hall–Kier alpha value is -2.86. The second-order valence-electron chi connectivity index (χ2n) is 9.52. The number of hydrogen-bond donors (Lipinski definition) is 2. The molecule has 0 saturated carbocycles. The number of fused-ring (bicyclic) bond motifs is 4. The predicted molar refractivity (Wildman–Crippen MR) is 140 cm³/mol. The van der Waals surface area contributed by atoms with Crippen molar-refractivity contribution in [3.8, 4) is 0 Å². The maximum atomic E-state index is 12.5. The standard InChI is InChI=1S/C26H31N5O.C2H6/c32-26-29-23-7-3-4-8-24(23)31(26)19-11-14-30(15-12-19)16-13-27-25-17-21-20-6-2-1-5-18(20)9-10-22(21)28-25;1-2/h1-8,19,21-22H,9-17H2,(H,27,28)(H,29,32);1-2H3/t21-,22+;/m0./s1. The number of benzene rings is 2. The summed E-state index contributed by atoms with van der Waals surface area (Å²) in [5, 5.41) is 3.71. The summed E-state index contributed by atoms with van der Waals surface area (Å²) >= 11 is 0. The summed E-state index contributed by atoms with van der Waals surface area (Å²) in [5.74, 6) is 1.78. The van der Waals surface area contributed by atoms with Gasteiger partial charge in [0.2, 0.25) is 0 Å². The molecule has 2 N–H and O–H groups in total. The van der Waals surface area contributed by atoms with Crippen LogP contribution in [0, 0.1) is 0 Å². The number of hydrogen-bond acceptors (Lipinski definition) is 3. The molecule has 2 atom stereocenters. The topological polar surface area (TPSA) is 65.4 Å². The van der Waals surface area contributed by atoms with Gasteiger partial charge in [0, 0.05) is 44.1 Å². The van der Waals surface area contributed by atoms with E-state index < -0.39 is 0 Å². The van der Waals surface area contributed by atoms with Gasteiger partial charge in [-0.2, -0.15) is 0 Å². The summed E-state index contributed by atoms with van der Waals surface area (Å²) in [7, 11) is 0. The average molecular weight is 460 g/mol. The van der Waals surface area contributed by atoms with Crippen LogP contribution in [0.4, 0.5) is 0 Å². The highest BCUT2D eigenvalue weighted by molar-refractivity contribution is 5.86. The second kappa shape index (κ2) is 10.2. The van der Waals surface area contributed by atoms with Crippen LogP contribution >= 0.6 is 0 Å². The smallest absolute Gasteiger partial charge is 0.326 e. The molecule has 34 heavy (non-hydrogen) atoms. The third kappa shape index (κ3) is 4.43. The van der Waals surface area contributed by atoms with Gasteiger partial charge in [0.15, 0.2) is 0 Å². The SMILES string of the molecule is CC.O=c1[nH]c2ccccc2n1C1CCN(CCN=C2C[C@H]3c4ccccc4CC[C@H]3N2)CC1. The van der Waals surface area contributed by atoms with Crippen LogP contribution < -0.4 is 11.0 Å². The lowest BCUT2D eigenvalue weighted by Crippen LogP contribution is -2.38. The summed E-state index contributed by atoms with van der Waals surface area (Å²) in [5.41, 5.74) is 5.03. The van der Waals surface area contributed by atoms with E-state index in [-0.39, 0.29) is 11.7 Å². The van der Waals surface area contributed by atoms with E-state index in [1.54, 1.807) is 0 Å². The molecule has 1 aliphatic carbocycles. The predicted octanol–water partition coefficient (Wildman–Crippen LogP) is 4.48. The van der Waals surface area contributed by atoms with Gasteiger partial charge in [0.05, 0.1) is 23.4 Å². The number of amidine groups is 1. The van der Waals surface area contributed by atoms with E-state index in [0.29, 0.717) is 12.0 Å². The van der Waals surface area contributed by atoms with Crippen molar-refractivity contribution in [1.29, 1.82) is 0 Å². The van der Waals surface area contributed by atoms with E-state index in [4.69, 9.17) is 4.99 Å². The molecule has 2 fully saturated rings. The van der Waals surface area contributed by atoms with Crippen molar-refractivity contribution in [2.24, 2.45) is 4.99 Å². The minimum atomic E-state index is 0.0198. The third-order valence-electron chi connectivity index (χ3n) is 7.70. The summed E-state index contributed by atoms with van der Waals surface area (Å²) in [6.45, 7) is 7.88. The molecule has 180 valence electrons. The molecule has 6 heteroatoms. The van der Waals surface area contributed by atoms with Crippen LogP contribution in [-0.4, -0.2) is 52.5 Å². The number of aliphatic imine (C=N–C) groups is 1. The summed E-state index contributed by atoms with van der Waals surface area (Å²) < 4.78 is 1.97. The molecule has 0 amide bonds. The Morgan fingerprint density at radius 3 is 2.62 bits per heavy atom. The highest BCUT2D eigenvalue weighted by atomic mass is 16.1. The maximum absolute atomic E-state index is 12.5. The van der Waals surface area contributed by atoms with Crippen molar-refractivity contribution >= 4 is 16.9 Å². The molecule has 0 bridgehead atoms. The normalized spacial score (nSPS) is 23.8. The van der Waals surface area contributed by atoms with Gasteiger partial charge in [-0.05, 0) is 48.9 Å². The van der Waals surface area contributed by atoms with Crippen LogP contribution in [0.2, 0.25) is 0 Å². The minimum Gasteiger partial charge on any atom is -0.370 e. The fraction of sp³-hybridized carbons (Fsp3) is 0.500. The lowest BCUT2D eigenvalue weighted by atomic mass is 9.80. The van der Waals surface area contributed by atoms with Gasteiger partial charge >= 0.3 is 5.69 Å². The van der Waals surface area contributed by atoms with Crippen LogP contribution in [-0.2, 0) is 6.42 Å². The zero-order valence-electron chi connectivity index (χ0n) is 20.5. The number of H-pyrrole nitrogens is 1. The lowest BCUT2D eigenvalue weighted by molar-refractivity contribution is 0.191. The van der Waals surface area contributed by atoms with Crippen LogP contribution in [0.3, 0.4) is 0 Å². The van der Waals surface area contributed by atoms with Gasteiger partial charge in [-0.1, -0.05) is 50.2 Å². The molecule has 3 aromatic rings. The number of imidazole rings is 1. The molecule has 2 aromatic carbocycles. The number of likely N-dealkylation sites (tertiary alicyclic amines) is 1. The molecule has 2 saturated heterocycles. The Balaban J connectivity index is 0.00000117. The van der Waals surface area contributed by atoms with Crippen molar-refractivity contribution in [1.82, 2.24) is 19.8 Å². The third-order valence-corrected chi connectivity index (χ3v) is 7.70. The number of aromatic nitrogens is 2. The van der Waals surface area contributed by atoms with Crippen molar-refractivity contribution < 1.29 is 0 Å².